The summed E-state index contributed by atoms with van der Waals surface area (Å²) in [5.74, 6) is 1.02. The highest BCUT2D eigenvalue weighted by atomic mass is 16.5. The Labute approximate surface area is 194 Å². The number of benzene rings is 3. The first-order valence-electron chi connectivity index (χ1n) is 11.6. The van der Waals surface area contributed by atoms with Crippen LogP contribution in [-0.4, -0.2) is 35.4 Å². The molecule has 168 valence electrons. The molecule has 5 nitrogen and oxygen atoms in total. The average Bonchev–Trinajstić information content (AvgIpc) is 3.16. The number of nitrogens with zero attached hydrogens (tertiary/aromatic N) is 1. The summed E-state index contributed by atoms with van der Waals surface area (Å²) in [7, 11) is 0. The van der Waals surface area contributed by atoms with E-state index in [1.807, 2.05) is 54.7 Å². The molecular weight excluding hydrogens is 410 g/mol. The Morgan fingerprint density at radius 3 is 2.70 bits per heavy atom. The third-order valence-electron chi connectivity index (χ3n) is 6.28. The summed E-state index contributed by atoms with van der Waals surface area (Å²) in [5.41, 5.74) is 4.69. The fourth-order valence-corrected chi connectivity index (χ4v) is 4.51. The Balaban J connectivity index is 1.18. The minimum Gasteiger partial charge on any atom is -0.484 e. The molecule has 5 heteroatoms. The normalized spacial score (nSPS) is 16.1. The number of aromatic nitrogens is 1. The molecule has 2 heterocycles. The molecule has 0 spiro atoms. The van der Waals surface area contributed by atoms with Gasteiger partial charge < -0.3 is 15.0 Å². The third kappa shape index (κ3) is 5.10. The molecule has 0 saturated carbocycles. The number of nitrogens with one attached hydrogen (secondary N) is 2. The van der Waals surface area contributed by atoms with Crippen LogP contribution in [0.4, 0.5) is 0 Å². The monoisotopic (exact) mass is 439 g/mol. The van der Waals surface area contributed by atoms with Gasteiger partial charge >= 0.3 is 0 Å². The molecule has 33 heavy (non-hydrogen) atoms. The van der Waals surface area contributed by atoms with Crippen molar-refractivity contribution in [3.8, 4) is 5.75 Å². The Bertz CT molecular complexity index is 1220. The van der Waals surface area contributed by atoms with E-state index in [4.69, 9.17) is 4.74 Å². The van der Waals surface area contributed by atoms with Crippen molar-refractivity contribution < 1.29 is 9.53 Å². The van der Waals surface area contributed by atoms with Crippen LogP contribution in [0.2, 0.25) is 0 Å². The van der Waals surface area contributed by atoms with E-state index < -0.39 is 0 Å². The Kier molecular flexibility index (Phi) is 6.40. The Morgan fingerprint density at radius 2 is 1.79 bits per heavy atom. The Morgan fingerprint density at radius 1 is 1.00 bits per heavy atom. The molecule has 0 radical (unpaired) electrons. The summed E-state index contributed by atoms with van der Waals surface area (Å²) in [6, 6.07) is 26.8. The molecule has 3 aromatic carbocycles. The summed E-state index contributed by atoms with van der Waals surface area (Å²) >= 11 is 0. The molecule has 1 aliphatic heterocycles. The fraction of sp³-hybridized carbons (Fsp3) is 0.250. The van der Waals surface area contributed by atoms with Crippen molar-refractivity contribution in [1.29, 1.82) is 0 Å². The summed E-state index contributed by atoms with van der Waals surface area (Å²) in [6.07, 6.45) is 3.27. The van der Waals surface area contributed by atoms with Gasteiger partial charge in [0.1, 0.15) is 11.9 Å². The fourth-order valence-electron chi connectivity index (χ4n) is 4.51. The lowest BCUT2D eigenvalue weighted by Crippen LogP contribution is -2.33. The molecule has 0 aliphatic carbocycles. The number of rotatable bonds is 7. The van der Waals surface area contributed by atoms with Gasteiger partial charge in [-0.05, 0) is 29.7 Å². The molecule has 2 N–H and O–H groups in total. The molecule has 1 aromatic heterocycles. The van der Waals surface area contributed by atoms with Gasteiger partial charge in [-0.15, -0.1) is 0 Å². The van der Waals surface area contributed by atoms with E-state index in [1.54, 1.807) is 0 Å². The number of para-hydroxylation sites is 2. The zero-order valence-corrected chi connectivity index (χ0v) is 18.7. The topological polar surface area (TPSA) is 57.4 Å². The lowest BCUT2D eigenvalue weighted by molar-refractivity contribution is -0.121. The van der Waals surface area contributed by atoms with Crippen LogP contribution in [0, 0.1) is 0 Å². The smallest absolute Gasteiger partial charge is 0.221 e. The minimum absolute atomic E-state index is 0.0558. The van der Waals surface area contributed by atoms with E-state index in [-0.39, 0.29) is 12.0 Å². The largest absolute Gasteiger partial charge is 0.484 e. The van der Waals surface area contributed by atoms with Gasteiger partial charge in [0.2, 0.25) is 5.91 Å². The van der Waals surface area contributed by atoms with Crippen LogP contribution in [0.25, 0.3) is 10.9 Å². The third-order valence-corrected chi connectivity index (χ3v) is 6.28. The van der Waals surface area contributed by atoms with Gasteiger partial charge in [-0.25, -0.2) is 0 Å². The number of carbonyl (C=O) groups is 1. The number of H-pyrrole nitrogens is 1. The number of amides is 1. The quantitative estimate of drug-likeness (QED) is 0.433. The van der Waals surface area contributed by atoms with Crippen LogP contribution in [0.1, 0.15) is 29.2 Å². The highest BCUT2D eigenvalue weighted by molar-refractivity contribution is 5.83. The maximum atomic E-state index is 12.6. The maximum absolute atomic E-state index is 12.6. The molecule has 1 aliphatic rings. The average molecular weight is 440 g/mol. The lowest BCUT2D eigenvalue weighted by atomic mass is 10.1. The molecule has 0 bridgehead atoms. The second-order valence-corrected chi connectivity index (χ2v) is 8.57. The highest BCUT2D eigenvalue weighted by Crippen LogP contribution is 2.31. The van der Waals surface area contributed by atoms with Crippen LogP contribution < -0.4 is 10.1 Å². The summed E-state index contributed by atoms with van der Waals surface area (Å²) in [6.45, 7) is 2.86. The van der Waals surface area contributed by atoms with Gasteiger partial charge in [0, 0.05) is 55.3 Å². The number of fused-ring (bicyclic) bond motifs is 2. The van der Waals surface area contributed by atoms with Gasteiger partial charge in [0.15, 0.2) is 0 Å². The van der Waals surface area contributed by atoms with E-state index >= 15 is 0 Å². The van der Waals surface area contributed by atoms with Crippen LogP contribution in [-0.2, 0) is 17.8 Å². The molecule has 5 rings (SSSR count). The standard InChI is InChI=1S/C28H29N3O2/c32-28(29-16-14-22-18-30-25-12-6-5-11-24(22)25)15-17-31-19-23-10-4-7-13-26(23)33-27(20-31)21-8-2-1-3-9-21/h1-13,18,27,30H,14-17,19-20H2,(H,29,32). The summed E-state index contributed by atoms with van der Waals surface area (Å²) in [4.78, 5) is 18.2. The van der Waals surface area contributed by atoms with Crippen molar-refractivity contribution in [2.75, 3.05) is 19.6 Å². The number of ether oxygens (including phenoxy) is 1. The van der Waals surface area contributed by atoms with Gasteiger partial charge in [0.25, 0.3) is 0 Å². The van der Waals surface area contributed by atoms with E-state index in [0.717, 1.165) is 41.9 Å². The zero-order valence-electron chi connectivity index (χ0n) is 18.7. The van der Waals surface area contributed by atoms with E-state index in [9.17, 15) is 4.79 Å². The summed E-state index contributed by atoms with van der Waals surface area (Å²) < 4.78 is 6.38. The van der Waals surface area contributed by atoms with Crippen LogP contribution >= 0.6 is 0 Å². The molecule has 4 aromatic rings. The molecule has 0 saturated heterocycles. The predicted molar refractivity (Wildman–Crippen MR) is 131 cm³/mol. The molecular formula is C28H29N3O2. The molecule has 1 unspecified atom stereocenters. The second kappa shape index (κ2) is 9.92. The first kappa shape index (κ1) is 21.3. The number of hydrogen-bond donors (Lipinski definition) is 2. The van der Waals surface area contributed by atoms with Gasteiger partial charge in [-0.2, -0.15) is 0 Å². The van der Waals surface area contributed by atoms with Crippen LogP contribution in [0.3, 0.4) is 0 Å². The van der Waals surface area contributed by atoms with Crippen molar-refractivity contribution in [2.45, 2.75) is 25.5 Å². The van der Waals surface area contributed by atoms with Crippen LogP contribution in [0.15, 0.2) is 85.1 Å². The van der Waals surface area contributed by atoms with E-state index in [1.165, 1.54) is 10.9 Å². The van der Waals surface area contributed by atoms with Crippen molar-refractivity contribution >= 4 is 16.8 Å². The second-order valence-electron chi connectivity index (χ2n) is 8.57. The minimum atomic E-state index is -0.0558. The zero-order chi connectivity index (χ0) is 22.5. The highest BCUT2D eigenvalue weighted by Gasteiger charge is 2.24. The molecule has 1 atom stereocenters. The van der Waals surface area contributed by atoms with Gasteiger partial charge in [-0.1, -0.05) is 66.7 Å². The first-order valence-corrected chi connectivity index (χ1v) is 11.6. The maximum Gasteiger partial charge on any atom is 0.221 e. The lowest BCUT2D eigenvalue weighted by Gasteiger charge is -2.24. The van der Waals surface area contributed by atoms with Crippen molar-refractivity contribution in [3.05, 3.63) is 102 Å². The van der Waals surface area contributed by atoms with Crippen molar-refractivity contribution in [3.63, 3.8) is 0 Å². The van der Waals surface area contributed by atoms with Crippen molar-refractivity contribution in [2.24, 2.45) is 0 Å². The first-order chi connectivity index (χ1) is 16.3. The predicted octanol–water partition coefficient (Wildman–Crippen LogP) is 4.85. The van der Waals surface area contributed by atoms with Gasteiger partial charge in [-0.3, -0.25) is 9.69 Å². The molecule has 0 fully saturated rings. The van der Waals surface area contributed by atoms with E-state index in [2.05, 4.69) is 45.5 Å². The van der Waals surface area contributed by atoms with Crippen LogP contribution in [0.5, 0.6) is 5.75 Å². The number of aromatic amines is 1. The Hall–Kier alpha value is -3.57. The van der Waals surface area contributed by atoms with E-state index in [0.29, 0.717) is 19.5 Å². The van der Waals surface area contributed by atoms with Gasteiger partial charge in [0.05, 0.1) is 0 Å². The number of carbonyl (C=O) groups excluding carboxylic acids is 1. The SMILES string of the molecule is O=C(CCN1Cc2ccccc2OC(c2ccccc2)C1)NCCc1c[nH]c2ccccc12. The van der Waals surface area contributed by atoms with Crippen molar-refractivity contribution in [1.82, 2.24) is 15.2 Å². The molecule has 1 amide bonds. The summed E-state index contributed by atoms with van der Waals surface area (Å²) in [5, 5.41) is 4.32. The number of hydrogen-bond acceptors (Lipinski definition) is 3.